The lowest BCUT2D eigenvalue weighted by molar-refractivity contribution is 0.578. The highest BCUT2D eigenvalue weighted by atomic mass is 32.2. The molecule has 1 aromatic rings. The lowest BCUT2D eigenvalue weighted by Gasteiger charge is -2.28. The van der Waals surface area contributed by atoms with Crippen LogP contribution in [0.3, 0.4) is 0 Å². The van der Waals surface area contributed by atoms with Crippen LogP contribution in [-0.4, -0.2) is 33.8 Å². The summed E-state index contributed by atoms with van der Waals surface area (Å²) in [5.41, 5.74) is 2.15. The van der Waals surface area contributed by atoms with Crippen LogP contribution < -0.4 is 15.4 Å². The number of nitrogens with two attached hydrogens (primary N) is 1. The summed E-state index contributed by atoms with van der Waals surface area (Å²) in [4.78, 5) is 2.39. The van der Waals surface area contributed by atoms with Crippen LogP contribution >= 0.6 is 0 Å². The van der Waals surface area contributed by atoms with Crippen LogP contribution in [0.25, 0.3) is 0 Å². The first-order chi connectivity index (χ1) is 9.04. The minimum atomic E-state index is -3.39. The summed E-state index contributed by atoms with van der Waals surface area (Å²) in [6.07, 6.45) is 3.84. The molecule has 1 fully saturated rings. The third kappa shape index (κ3) is 4.72. The van der Waals surface area contributed by atoms with Crippen LogP contribution in [0.1, 0.15) is 19.3 Å². The Bertz CT molecular complexity index is 493. The fourth-order valence-electron chi connectivity index (χ4n) is 2.28. The quantitative estimate of drug-likeness (QED) is 0.856. The van der Waals surface area contributed by atoms with Gasteiger partial charge in [0, 0.05) is 31.0 Å². The zero-order valence-electron chi connectivity index (χ0n) is 11.0. The van der Waals surface area contributed by atoms with Crippen LogP contribution in [-0.2, 0) is 10.0 Å². The number of benzene rings is 1. The van der Waals surface area contributed by atoms with E-state index >= 15 is 0 Å². The van der Waals surface area contributed by atoms with Gasteiger partial charge in [-0.2, -0.15) is 0 Å². The summed E-state index contributed by atoms with van der Waals surface area (Å²) in [5, 5.41) is 8.00. The van der Waals surface area contributed by atoms with Gasteiger partial charge in [-0.3, -0.25) is 0 Å². The average Bonchev–Trinajstić information content (AvgIpc) is 2.39. The topological polar surface area (TPSA) is 75.4 Å². The van der Waals surface area contributed by atoms with Gasteiger partial charge in [0.1, 0.15) is 0 Å². The number of piperidine rings is 1. The minimum Gasteiger partial charge on any atom is -0.384 e. The standard InChI is InChI=1S/C13H21N3O2S/c14-19(17,18)11-8-15-12-4-6-13(7-5-12)16-9-2-1-3-10-16/h4-7,15H,1-3,8-11H2,(H2,14,17,18). The summed E-state index contributed by atoms with van der Waals surface area (Å²) in [6.45, 7) is 2.58. The molecular formula is C13H21N3O2S. The average molecular weight is 283 g/mol. The summed E-state index contributed by atoms with van der Waals surface area (Å²) >= 11 is 0. The highest BCUT2D eigenvalue weighted by molar-refractivity contribution is 7.89. The van der Waals surface area contributed by atoms with Gasteiger partial charge in [-0.05, 0) is 43.5 Å². The molecule has 0 amide bonds. The normalized spacial score (nSPS) is 16.4. The van der Waals surface area contributed by atoms with Gasteiger partial charge in [0.25, 0.3) is 0 Å². The fraction of sp³-hybridized carbons (Fsp3) is 0.538. The smallest absolute Gasteiger partial charge is 0.210 e. The molecule has 0 aromatic heterocycles. The molecule has 106 valence electrons. The van der Waals surface area contributed by atoms with E-state index in [1.165, 1.54) is 24.9 Å². The molecule has 1 heterocycles. The third-order valence-corrected chi connectivity index (χ3v) is 4.08. The number of sulfonamides is 1. The Morgan fingerprint density at radius 2 is 1.74 bits per heavy atom. The molecule has 0 bridgehead atoms. The van der Waals surface area contributed by atoms with Crippen molar-refractivity contribution in [2.45, 2.75) is 19.3 Å². The molecule has 6 heteroatoms. The monoisotopic (exact) mass is 283 g/mol. The molecule has 5 nitrogen and oxygen atoms in total. The van der Waals surface area contributed by atoms with Gasteiger partial charge >= 0.3 is 0 Å². The van der Waals surface area contributed by atoms with Crippen molar-refractivity contribution in [2.75, 3.05) is 35.6 Å². The first-order valence-corrected chi connectivity index (χ1v) is 8.35. The molecule has 0 radical (unpaired) electrons. The van der Waals surface area contributed by atoms with Crippen molar-refractivity contribution in [2.24, 2.45) is 5.14 Å². The van der Waals surface area contributed by atoms with E-state index in [9.17, 15) is 8.42 Å². The second-order valence-electron chi connectivity index (χ2n) is 4.89. The summed E-state index contributed by atoms with van der Waals surface area (Å²) in [5.74, 6) is -0.0547. The van der Waals surface area contributed by atoms with Crippen molar-refractivity contribution >= 4 is 21.4 Å². The molecule has 0 aliphatic carbocycles. The zero-order chi connectivity index (χ0) is 13.7. The Hall–Kier alpha value is -1.27. The molecule has 0 saturated carbocycles. The van der Waals surface area contributed by atoms with E-state index in [4.69, 9.17) is 5.14 Å². The maximum absolute atomic E-state index is 10.8. The molecular weight excluding hydrogens is 262 g/mol. The predicted octanol–water partition coefficient (Wildman–Crippen LogP) is 1.38. The molecule has 19 heavy (non-hydrogen) atoms. The van der Waals surface area contributed by atoms with E-state index in [0.29, 0.717) is 6.54 Å². The SMILES string of the molecule is NS(=O)(=O)CCNc1ccc(N2CCCCC2)cc1. The maximum Gasteiger partial charge on any atom is 0.210 e. The predicted molar refractivity (Wildman–Crippen MR) is 79.0 cm³/mol. The zero-order valence-corrected chi connectivity index (χ0v) is 11.8. The lowest BCUT2D eigenvalue weighted by atomic mass is 10.1. The van der Waals surface area contributed by atoms with Crippen LogP contribution in [0.4, 0.5) is 11.4 Å². The van der Waals surface area contributed by atoms with Gasteiger partial charge < -0.3 is 10.2 Å². The number of hydrogen-bond acceptors (Lipinski definition) is 4. The first kappa shape index (κ1) is 14.1. The molecule has 1 saturated heterocycles. The number of anilines is 2. The van der Waals surface area contributed by atoms with Crippen LogP contribution in [0.2, 0.25) is 0 Å². The van der Waals surface area contributed by atoms with E-state index in [2.05, 4.69) is 22.3 Å². The van der Waals surface area contributed by atoms with Crippen molar-refractivity contribution in [3.63, 3.8) is 0 Å². The highest BCUT2D eigenvalue weighted by Crippen LogP contribution is 2.21. The Morgan fingerprint density at radius 1 is 1.11 bits per heavy atom. The highest BCUT2D eigenvalue weighted by Gasteiger charge is 2.10. The van der Waals surface area contributed by atoms with E-state index in [-0.39, 0.29) is 5.75 Å². The molecule has 0 unspecified atom stereocenters. The molecule has 0 spiro atoms. The Labute approximate surface area is 114 Å². The van der Waals surface area contributed by atoms with Gasteiger partial charge in [0.15, 0.2) is 0 Å². The lowest BCUT2D eigenvalue weighted by Crippen LogP contribution is -2.29. The Balaban J connectivity index is 1.87. The van der Waals surface area contributed by atoms with Crippen molar-refractivity contribution in [3.8, 4) is 0 Å². The number of rotatable bonds is 5. The maximum atomic E-state index is 10.8. The summed E-state index contributed by atoms with van der Waals surface area (Å²) in [7, 11) is -3.39. The molecule has 1 aromatic carbocycles. The summed E-state index contributed by atoms with van der Waals surface area (Å²) in [6, 6.07) is 8.11. The minimum absolute atomic E-state index is 0.0547. The largest absolute Gasteiger partial charge is 0.384 e. The third-order valence-electron chi connectivity index (χ3n) is 3.30. The van der Waals surface area contributed by atoms with Gasteiger partial charge in [-0.1, -0.05) is 0 Å². The summed E-state index contributed by atoms with van der Waals surface area (Å²) < 4.78 is 21.6. The van der Waals surface area contributed by atoms with E-state index in [1.807, 2.05) is 12.1 Å². The molecule has 2 rings (SSSR count). The van der Waals surface area contributed by atoms with E-state index < -0.39 is 10.0 Å². The Kier molecular flexibility index (Phi) is 4.66. The molecule has 1 aliphatic rings. The van der Waals surface area contributed by atoms with Crippen LogP contribution in [0.15, 0.2) is 24.3 Å². The number of nitrogens with zero attached hydrogens (tertiary/aromatic N) is 1. The second kappa shape index (κ2) is 6.25. The molecule has 3 N–H and O–H groups in total. The number of primary sulfonamides is 1. The number of nitrogens with one attached hydrogen (secondary N) is 1. The van der Waals surface area contributed by atoms with Gasteiger partial charge in [-0.25, -0.2) is 13.6 Å². The van der Waals surface area contributed by atoms with Crippen molar-refractivity contribution in [1.82, 2.24) is 0 Å². The van der Waals surface area contributed by atoms with Crippen molar-refractivity contribution < 1.29 is 8.42 Å². The number of hydrogen-bond donors (Lipinski definition) is 2. The van der Waals surface area contributed by atoms with Gasteiger partial charge in [-0.15, -0.1) is 0 Å². The van der Waals surface area contributed by atoms with E-state index in [0.717, 1.165) is 18.8 Å². The van der Waals surface area contributed by atoms with Crippen molar-refractivity contribution in [1.29, 1.82) is 0 Å². The van der Waals surface area contributed by atoms with Crippen LogP contribution in [0, 0.1) is 0 Å². The van der Waals surface area contributed by atoms with Gasteiger partial charge in [0.05, 0.1) is 5.75 Å². The molecule has 0 atom stereocenters. The molecule has 1 aliphatic heterocycles. The van der Waals surface area contributed by atoms with Crippen LogP contribution in [0.5, 0.6) is 0 Å². The van der Waals surface area contributed by atoms with E-state index in [1.54, 1.807) is 0 Å². The Morgan fingerprint density at radius 3 is 2.32 bits per heavy atom. The van der Waals surface area contributed by atoms with Gasteiger partial charge in [0.2, 0.25) is 10.0 Å². The first-order valence-electron chi connectivity index (χ1n) is 6.64. The second-order valence-corrected chi connectivity index (χ2v) is 6.62. The fourth-order valence-corrected chi connectivity index (χ4v) is 2.67. The van der Waals surface area contributed by atoms with Crippen molar-refractivity contribution in [3.05, 3.63) is 24.3 Å².